The molecule has 2 rings (SSSR count). The van der Waals surface area contributed by atoms with Gasteiger partial charge >= 0.3 is 0 Å². The highest BCUT2D eigenvalue weighted by molar-refractivity contribution is 9.10. The van der Waals surface area contributed by atoms with Crippen LogP contribution in [0.5, 0.6) is 5.75 Å². The summed E-state index contributed by atoms with van der Waals surface area (Å²) in [5, 5.41) is 10.2. The number of hydrogen-bond donors (Lipinski definition) is 1. The largest absolute Gasteiger partial charge is 0.496 e. The van der Waals surface area contributed by atoms with Crippen LogP contribution in [0.2, 0.25) is 0 Å². The molecule has 0 amide bonds. The fraction of sp³-hybridized carbons (Fsp3) is 0.143. The molecule has 0 bridgehead atoms. The van der Waals surface area contributed by atoms with Crippen molar-refractivity contribution >= 4 is 15.9 Å². The Hall–Kier alpha value is -1.46. The highest BCUT2D eigenvalue weighted by Gasteiger charge is 2.20. The number of aliphatic hydroxyl groups is 1. The minimum atomic E-state index is -1.30. The molecule has 0 fully saturated rings. The molecule has 1 unspecified atom stereocenters. The fourth-order valence-electron chi connectivity index (χ4n) is 1.82. The number of aliphatic hydroxyl groups excluding tert-OH is 1. The van der Waals surface area contributed by atoms with E-state index in [4.69, 9.17) is 4.74 Å². The van der Waals surface area contributed by atoms with Crippen molar-refractivity contribution in [3.63, 3.8) is 0 Å². The van der Waals surface area contributed by atoms with Crippen molar-refractivity contribution in [2.24, 2.45) is 0 Å². The Morgan fingerprint density at radius 1 is 1.16 bits per heavy atom. The van der Waals surface area contributed by atoms with E-state index in [2.05, 4.69) is 15.9 Å². The minimum Gasteiger partial charge on any atom is -0.496 e. The van der Waals surface area contributed by atoms with Crippen LogP contribution < -0.4 is 4.74 Å². The second-order valence-electron chi connectivity index (χ2n) is 3.93. The predicted octanol–water partition coefficient (Wildman–Crippen LogP) is 3.82. The molecule has 0 heterocycles. The molecule has 0 aliphatic carbocycles. The maximum Gasteiger partial charge on any atom is 0.143 e. The van der Waals surface area contributed by atoms with E-state index in [1.54, 1.807) is 6.07 Å². The summed E-state index contributed by atoms with van der Waals surface area (Å²) in [4.78, 5) is 0. The second kappa shape index (κ2) is 5.67. The number of methoxy groups -OCH3 is 1. The van der Waals surface area contributed by atoms with Crippen LogP contribution in [0.15, 0.2) is 40.9 Å². The minimum absolute atomic E-state index is 0.0540. The van der Waals surface area contributed by atoms with Crippen LogP contribution in [0.25, 0.3) is 0 Å². The molecule has 0 aromatic heterocycles. The van der Waals surface area contributed by atoms with Gasteiger partial charge in [-0.05, 0) is 40.2 Å². The molecule has 1 N–H and O–H groups in total. The third-order valence-electron chi connectivity index (χ3n) is 2.76. The lowest BCUT2D eigenvalue weighted by atomic mass is 10.00. The van der Waals surface area contributed by atoms with Gasteiger partial charge in [-0.3, -0.25) is 0 Å². The van der Waals surface area contributed by atoms with E-state index in [1.165, 1.54) is 31.4 Å². The molecule has 2 aromatic carbocycles. The Balaban J connectivity index is 2.52. The van der Waals surface area contributed by atoms with Gasteiger partial charge in [-0.25, -0.2) is 8.78 Å². The summed E-state index contributed by atoms with van der Waals surface area (Å²) in [6.07, 6.45) is -1.30. The molecular formula is C14H11BrF2O2. The summed E-state index contributed by atoms with van der Waals surface area (Å²) in [5.41, 5.74) is 0.234. The van der Waals surface area contributed by atoms with Crippen LogP contribution in [-0.4, -0.2) is 12.2 Å². The first-order valence-corrected chi connectivity index (χ1v) is 6.29. The van der Waals surface area contributed by atoms with Gasteiger partial charge < -0.3 is 9.84 Å². The van der Waals surface area contributed by atoms with Gasteiger partial charge in [0.1, 0.15) is 23.5 Å². The Kier molecular flexibility index (Phi) is 4.17. The summed E-state index contributed by atoms with van der Waals surface area (Å²) in [7, 11) is 1.40. The first kappa shape index (κ1) is 14.0. The quantitative estimate of drug-likeness (QED) is 0.928. The van der Waals surface area contributed by atoms with Crippen molar-refractivity contribution in [1.29, 1.82) is 0 Å². The van der Waals surface area contributed by atoms with Crippen molar-refractivity contribution in [2.75, 3.05) is 7.11 Å². The number of hydrogen-bond acceptors (Lipinski definition) is 2. The van der Waals surface area contributed by atoms with E-state index in [9.17, 15) is 13.9 Å². The second-order valence-corrected chi connectivity index (χ2v) is 4.79. The number of benzene rings is 2. The van der Waals surface area contributed by atoms with Gasteiger partial charge in [0.15, 0.2) is 0 Å². The molecule has 2 aromatic rings. The fourth-order valence-corrected chi connectivity index (χ4v) is 2.20. The summed E-state index contributed by atoms with van der Waals surface area (Å²) >= 11 is 3.05. The topological polar surface area (TPSA) is 29.5 Å². The monoisotopic (exact) mass is 328 g/mol. The number of halogens is 3. The smallest absolute Gasteiger partial charge is 0.143 e. The third-order valence-corrected chi connectivity index (χ3v) is 3.37. The lowest BCUT2D eigenvalue weighted by Gasteiger charge is -2.16. The molecule has 19 heavy (non-hydrogen) atoms. The first-order chi connectivity index (χ1) is 9.04. The zero-order chi connectivity index (χ0) is 14.0. The van der Waals surface area contributed by atoms with E-state index in [0.29, 0.717) is 5.75 Å². The molecule has 0 aliphatic rings. The maximum atomic E-state index is 13.9. The highest BCUT2D eigenvalue weighted by Crippen LogP contribution is 2.33. The van der Waals surface area contributed by atoms with Gasteiger partial charge in [0.2, 0.25) is 0 Å². The first-order valence-electron chi connectivity index (χ1n) is 5.50. The van der Waals surface area contributed by atoms with Crippen LogP contribution in [0.1, 0.15) is 17.2 Å². The van der Waals surface area contributed by atoms with Gasteiger partial charge in [0.25, 0.3) is 0 Å². The Labute approximate surface area is 117 Å². The van der Waals surface area contributed by atoms with Gasteiger partial charge in [0.05, 0.1) is 11.6 Å². The summed E-state index contributed by atoms with van der Waals surface area (Å²) in [5.74, 6) is -0.806. The Morgan fingerprint density at radius 2 is 1.89 bits per heavy atom. The average molecular weight is 329 g/mol. The molecule has 0 saturated heterocycles. The zero-order valence-corrected chi connectivity index (χ0v) is 11.6. The summed E-state index contributed by atoms with van der Waals surface area (Å²) < 4.78 is 32.5. The van der Waals surface area contributed by atoms with Crippen LogP contribution in [0.3, 0.4) is 0 Å². The third kappa shape index (κ3) is 2.77. The standard InChI is InChI=1S/C14H11BrF2O2/c1-19-12-6-5-8(16)7-10(12)14(18)9-3-2-4-11(15)13(9)17/h2-7,14,18H,1H3. The van der Waals surface area contributed by atoms with Gasteiger partial charge in [-0.1, -0.05) is 12.1 Å². The molecule has 1 atom stereocenters. The van der Waals surface area contributed by atoms with Crippen LogP contribution >= 0.6 is 15.9 Å². The van der Waals surface area contributed by atoms with E-state index in [1.807, 2.05) is 0 Å². The molecule has 0 spiro atoms. The Morgan fingerprint density at radius 3 is 2.58 bits per heavy atom. The van der Waals surface area contributed by atoms with E-state index >= 15 is 0 Å². The molecular weight excluding hydrogens is 318 g/mol. The summed E-state index contributed by atoms with van der Waals surface area (Å²) in [6.45, 7) is 0. The van der Waals surface area contributed by atoms with Crippen LogP contribution in [0, 0.1) is 11.6 Å². The van der Waals surface area contributed by atoms with Gasteiger partial charge in [-0.15, -0.1) is 0 Å². The van der Waals surface area contributed by atoms with Crippen LogP contribution in [-0.2, 0) is 0 Å². The number of ether oxygens (including phenoxy) is 1. The van der Waals surface area contributed by atoms with Crippen molar-refractivity contribution in [3.8, 4) is 5.75 Å². The van der Waals surface area contributed by atoms with Crippen molar-refractivity contribution in [1.82, 2.24) is 0 Å². The molecule has 0 radical (unpaired) electrons. The van der Waals surface area contributed by atoms with Gasteiger partial charge in [-0.2, -0.15) is 0 Å². The highest BCUT2D eigenvalue weighted by atomic mass is 79.9. The lowest BCUT2D eigenvalue weighted by molar-refractivity contribution is 0.209. The summed E-state index contributed by atoms with van der Waals surface area (Å²) in [6, 6.07) is 8.29. The molecule has 2 nitrogen and oxygen atoms in total. The van der Waals surface area contributed by atoms with Gasteiger partial charge in [0, 0.05) is 11.1 Å². The van der Waals surface area contributed by atoms with Crippen molar-refractivity contribution in [3.05, 3.63) is 63.6 Å². The van der Waals surface area contributed by atoms with E-state index < -0.39 is 17.7 Å². The average Bonchev–Trinajstić information content (AvgIpc) is 2.41. The predicted molar refractivity (Wildman–Crippen MR) is 71.1 cm³/mol. The number of rotatable bonds is 3. The normalized spacial score (nSPS) is 12.3. The lowest BCUT2D eigenvalue weighted by Crippen LogP contribution is -2.05. The van der Waals surface area contributed by atoms with E-state index in [0.717, 1.165) is 6.07 Å². The van der Waals surface area contributed by atoms with Crippen molar-refractivity contribution in [2.45, 2.75) is 6.10 Å². The Bertz CT molecular complexity index is 602. The SMILES string of the molecule is COc1ccc(F)cc1C(O)c1cccc(Br)c1F. The molecule has 5 heteroatoms. The van der Waals surface area contributed by atoms with Crippen molar-refractivity contribution < 1.29 is 18.6 Å². The maximum absolute atomic E-state index is 13.9. The van der Waals surface area contributed by atoms with Crippen LogP contribution in [0.4, 0.5) is 8.78 Å². The zero-order valence-electron chi connectivity index (χ0n) is 10.0. The molecule has 100 valence electrons. The van der Waals surface area contributed by atoms with E-state index in [-0.39, 0.29) is 15.6 Å². The molecule has 0 aliphatic heterocycles. The molecule has 0 saturated carbocycles.